The lowest BCUT2D eigenvalue weighted by molar-refractivity contribution is -0.189. The molecule has 26 heavy (non-hydrogen) atoms. The molecular formula is C18H24F3NO4. The molecule has 0 aromatic heterocycles. The van der Waals surface area contributed by atoms with E-state index in [1.165, 1.54) is 21.3 Å². The summed E-state index contributed by atoms with van der Waals surface area (Å²) in [6.45, 7) is 0. The van der Waals surface area contributed by atoms with Crippen LogP contribution in [-0.2, 0) is 11.2 Å². The zero-order valence-electron chi connectivity index (χ0n) is 15.1. The summed E-state index contributed by atoms with van der Waals surface area (Å²) in [5.74, 6) is -0.855. The zero-order chi connectivity index (χ0) is 19.3. The molecule has 2 atom stereocenters. The van der Waals surface area contributed by atoms with Crippen LogP contribution in [0.2, 0.25) is 0 Å². The molecule has 1 saturated carbocycles. The van der Waals surface area contributed by atoms with Gasteiger partial charge in [0.05, 0.1) is 33.7 Å². The Morgan fingerprint density at radius 1 is 1.08 bits per heavy atom. The Kier molecular flexibility index (Phi) is 6.61. The number of alkyl halides is 3. The number of carbonyl (C=O) groups excluding carboxylic acids is 1. The second kappa shape index (κ2) is 8.51. The van der Waals surface area contributed by atoms with Crippen LogP contribution in [0.5, 0.6) is 17.2 Å². The Balaban J connectivity index is 2.14. The van der Waals surface area contributed by atoms with E-state index >= 15 is 0 Å². The number of hydrogen-bond acceptors (Lipinski definition) is 4. The Morgan fingerprint density at radius 2 is 1.73 bits per heavy atom. The Bertz CT molecular complexity index is 634. The van der Waals surface area contributed by atoms with Gasteiger partial charge in [-0.3, -0.25) is 4.79 Å². The van der Waals surface area contributed by atoms with Gasteiger partial charge < -0.3 is 19.5 Å². The summed E-state index contributed by atoms with van der Waals surface area (Å²) >= 11 is 0. The van der Waals surface area contributed by atoms with Gasteiger partial charge in [-0.05, 0) is 18.9 Å². The Labute approximate surface area is 150 Å². The van der Waals surface area contributed by atoms with Gasteiger partial charge in [-0.15, -0.1) is 0 Å². The van der Waals surface area contributed by atoms with Crippen LogP contribution in [0.25, 0.3) is 0 Å². The van der Waals surface area contributed by atoms with Gasteiger partial charge in [0.25, 0.3) is 0 Å². The summed E-state index contributed by atoms with van der Waals surface area (Å²) in [5, 5.41) is 2.55. The number of hydrogen-bond donors (Lipinski definition) is 1. The highest BCUT2D eigenvalue weighted by Gasteiger charge is 2.45. The molecule has 0 bridgehead atoms. The van der Waals surface area contributed by atoms with Crippen LogP contribution in [-0.4, -0.2) is 39.5 Å². The van der Waals surface area contributed by atoms with Crippen LogP contribution in [0, 0.1) is 5.92 Å². The Morgan fingerprint density at radius 3 is 2.31 bits per heavy atom. The molecule has 1 aromatic carbocycles. The first-order chi connectivity index (χ1) is 12.3. The SMILES string of the molecule is COc1ccc(CC(=O)N[C@@H]2CCCC[C@@H]2C(F)(F)F)c(OC)c1OC. The third-order valence-electron chi connectivity index (χ3n) is 4.67. The van der Waals surface area contributed by atoms with E-state index in [2.05, 4.69) is 5.32 Å². The lowest BCUT2D eigenvalue weighted by Gasteiger charge is -2.33. The van der Waals surface area contributed by atoms with E-state index in [0.717, 1.165) is 0 Å². The maximum Gasteiger partial charge on any atom is 0.393 e. The van der Waals surface area contributed by atoms with E-state index in [4.69, 9.17) is 14.2 Å². The summed E-state index contributed by atoms with van der Waals surface area (Å²) in [6.07, 6.45) is -2.83. The molecule has 1 aliphatic carbocycles. The molecule has 2 rings (SSSR count). The number of rotatable bonds is 6. The summed E-state index contributed by atoms with van der Waals surface area (Å²) in [6, 6.07) is 2.38. The van der Waals surface area contributed by atoms with Crippen molar-refractivity contribution in [1.82, 2.24) is 5.32 Å². The first-order valence-electron chi connectivity index (χ1n) is 8.45. The molecule has 0 unspecified atom stereocenters. The molecule has 1 N–H and O–H groups in total. The van der Waals surface area contributed by atoms with Crippen molar-refractivity contribution in [3.8, 4) is 17.2 Å². The Hall–Kier alpha value is -2.12. The van der Waals surface area contributed by atoms with Gasteiger partial charge >= 0.3 is 6.18 Å². The number of nitrogens with one attached hydrogen (secondary N) is 1. The molecule has 1 amide bonds. The lowest BCUT2D eigenvalue weighted by atomic mass is 9.84. The lowest BCUT2D eigenvalue weighted by Crippen LogP contribution is -2.48. The molecular weight excluding hydrogens is 351 g/mol. The maximum absolute atomic E-state index is 13.2. The monoisotopic (exact) mass is 375 g/mol. The summed E-state index contributed by atoms with van der Waals surface area (Å²) in [7, 11) is 4.35. The smallest absolute Gasteiger partial charge is 0.393 e. The summed E-state index contributed by atoms with van der Waals surface area (Å²) in [5.41, 5.74) is 0.516. The highest BCUT2D eigenvalue weighted by atomic mass is 19.4. The normalized spacial score (nSPS) is 20.4. The average Bonchev–Trinajstić information content (AvgIpc) is 2.60. The van der Waals surface area contributed by atoms with Crippen molar-refractivity contribution in [3.63, 3.8) is 0 Å². The molecule has 0 heterocycles. The van der Waals surface area contributed by atoms with E-state index in [1.807, 2.05) is 0 Å². The second-order valence-corrected chi connectivity index (χ2v) is 6.28. The number of benzene rings is 1. The van der Waals surface area contributed by atoms with Crippen molar-refractivity contribution in [2.24, 2.45) is 5.92 Å². The van der Waals surface area contributed by atoms with Gasteiger partial charge in [0, 0.05) is 11.6 Å². The van der Waals surface area contributed by atoms with Crippen molar-refractivity contribution < 1.29 is 32.2 Å². The second-order valence-electron chi connectivity index (χ2n) is 6.28. The van der Waals surface area contributed by atoms with Crippen molar-refractivity contribution in [2.75, 3.05) is 21.3 Å². The van der Waals surface area contributed by atoms with Gasteiger partial charge in [-0.25, -0.2) is 0 Å². The maximum atomic E-state index is 13.2. The van der Waals surface area contributed by atoms with Gasteiger partial charge in [0.15, 0.2) is 11.5 Å². The summed E-state index contributed by atoms with van der Waals surface area (Å²) < 4.78 is 55.3. The van der Waals surface area contributed by atoms with E-state index in [0.29, 0.717) is 42.1 Å². The third kappa shape index (κ3) is 4.53. The average molecular weight is 375 g/mol. The minimum absolute atomic E-state index is 0.0497. The number of carbonyl (C=O) groups is 1. The quantitative estimate of drug-likeness (QED) is 0.827. The topological polar surface area (TPSA) is 56.8 Å². The minimum Gasteiger partial charge on any atom is -0.493 e. The number of methoxy groups -OCH3 is 3. The van der Waals surface area contributed by atoms with E-state index < -0.39 is 24.0 Å². The summed E-state index contributed by atoms with van der Waals surface area (Å²) in [4.78, 5) is 12.4. The first-order valence-corrected chi connectivity index (χ1v) is 8.45. The van der Waals surface area contributed by atoms with Crippen LogP contribution < -0.4 is 19.5 Å². The predicted molar refractivity (Wildman–Crippen MR) is 89.7 cm³/mol. The molecule has 1 aromatic rings. The van der Waals surface area contributed by atoms with Gasteiger partial charge in [-0.2, -0.15) is 13.2 Å². The van der Waals surface area contributed by atoms with Crippen LogP contribution in [0.4, 0.5) is 13.2 Å². The van der Waals surface area contributed by atoms with Gasteiger partial charge in [0.1, 0.15) is 0 Å². The van der Waals surface area contributed by atoms with Crippen LogP contribution in [0.3, 0.4) is 0 Å². The fourth-order valence-corrected chi connectivity index (χ4v) is 3.43. The number of amides is 1. The number of halogens is 3. The van der Waals surface area contributed by atoms with Crippen LogP contribution >= 0.6 is 0 Å². The highest BCUT2D eigenvalue weighted by molar-refractivity contribution is 5.80. The third-order valence-corrected chi connectivity index (χ3v) is 4.67. The van der Waals surface area contributed by atoms with Crippen molar-refractivity contribution in [1.29, 1.82) is 0 Å². The minimum atomic E-state index is -4.31. The molecule has 0 saturated heterocycles. The molecule has 0 spiro atoms. The van der Waals surface area contributed by atoms with Crippen molar-refractivity contribution in [2.45, 2.75) is 44.3 Å². The largest absolute Gasteiger partial charge is 0.493 e. The van der Waals surface area contributed by atoms with Crippen LogP contribution in [0.1, 0.15) is 31.2 Å². The van der Waals surface area contributed by atoms with Gasteiger partial charge in [0.2, 0.25) is 11.7 Å². The van der Waals surface area contributed by atoms with Crippen molar-refractivity contribution in [3.05, 3.63) is 17.7 Å². The van der Waals surface area contributed by atoms with Crippen molar-refractivity contribution >= 4 is 5.91 Å². The van der Waals surface area contributed by atoms with Crippen LogP contribution in [0.15, 0.2) is 12.1 Å². The fraction of sp³-hybridized carbons (Fsp3) is 0.611. The van der Waals surface area contributed by atoms with E-state index in [-0.39, 0.29) is 12.8 Å². The van der Waals surface area contributed by atoms with Gasteiger partial charge in [-0.1, -0.05) is 18.9 Å². The standard InChI is InChI=1S/C18H24F3NO4/c1-24-14-9-8-11(16(25-2)17(14)26-3)10-15(23)22-13-7-5-4-6-12(13)18(19,20)21/h8-9,12-13H,4-7,10H2,1-3H3,(H,22,23)/t12-,13+/m0/s1. The molecule has 1 fully saturated rings. The molecule has 1 aliphatic rings. The predicted octanol–water partition coefficient (Wildman–Crippen LogP) is 3.49. The molecule has 0 radical (unpaired) electrons. The molecule has 5 nitrogen and oxygen atoms in total. The first kappa shape index (κ1) is 20.2. The van der Waals surface area contributed by atoms with E-state index in [1.54, 1.807) is 12.1 Å². The molecule has 146 valence electrons. The fourth-order valence-electron chi connectivity index (χ4n) is 3.43. The van der Waals surface area contributed by atoms with E-state index in [9.17, 15) is 18.0 Å². The molecule has 0 aliphatic heterocycles. The highest BCUT2D eigenvalue weighted by Crippen LogP contribution is 2.40. The zero-order valence-corrected chi connectivity index (χ0v) is 15.1. The number of ether oxygens (including phenoxy) is 3. The molecule has 8 heteroatoms.